The summed E-state index contributed by atoms with van der Waals surface area (Å²) < 4.78 is 0. The Morgan fingerprint density at radius 2 is 1.94 bits per heavy atom. The molecule has 0 spiro atoms. The van der Waals surface area contributed by atoms with Gasteiger partial charge in [-0.05, 0) is 19.9 Å². The van der Waals surface area contributed by atoms with Crippen LogP contribution in [0.1, 0.15) is 11.4 Å². The lowest BCUT2D eigenvalue weighted by atomic mass is 10.1. The molecule has 3 aromatic rings. The second-order valence-electron chi connectivity index (χ2n) is 4.10. The van der Waals surface area contributed by atoms with E-state index in [0.29, 0.717) is 16.5 Å². The molecule has 0 N–H and O–H groups in total. The fourth-order valence-electron chi connectivity index (χ4n) is 1.79. The number of halogens is 1. The van der Waals surface area contributed by atoms with Crippen molar-refractivity contribution in [2.45, 2.75) is 13.8 Å². The van der Waals surface area contributed by atoms with Crippen LogP contribution >= 0.6 is 22.9 Å². The molecule has 90 valence electrons. The summed E-state index contributed by atoms with van der Waals surface area (Å²) >= 11 is 7.63. The predicted octanol–water partition coefficient (Wildman–Crippen LogP) is 4.02. The fraction of sp³-hybridized carbons (Fsp3) is 0.154. The molecule has 3 rings (SSSR count). The molecule has 0 aliphatic heterocycles. The van der Waals surface area contributed by atoms with E-state index in [0.717, 1.165) is 15.4 Å². The van der Waals surface area contributed by atoms with Gasteiger partial charge >= 0.3 is 0 Å². The minimum Gasteiger partial charge on any atom is -0.231 e. The Morgan fingerprint density at radius 3 is 2.72 bits per heavy atom. The summed E-state index contributed by atoms with van der Waals surface area (Å²) in [7, 11) is 0. The summed E-state index contributed by atoms with van der Waals surface area (Å²) in [6.07, 6.45) is 0. The van der Waals surface area contributed by atoms with Crippen LogP contribution in [0.5, 0.6) is 0 Å². The van der Waals surface area contributed by atoms with Gasteiger partial charge in [0.05, 0.1) is 0 Å². The van der Waals surface area contributed by atoms with Crippen molar-refractivity contribution in [3.8, 4) is 10.6 Å². The molecule has 0 aliphatic carbocycles. The van der Waals surface area contributed by atoms with Gasteiger partial charge in [0, 0.05) is 5.56 Å². The Morgan fingerprint density at radius 1 is 1.11 bits per heavy atom. The number of aromatic nitrogens is 3. The van der Waals surface area contributed by atoms with E-state index in [-0.39, 0.29) is 0 Å². The largest absolute Gasteiger partial charge is 0.231 e. The summed E-state index contributed by atoms with van der Waals surface area (Å²) in [6, 6.07) is 8.23. The van der Waals surface area contributed by atoms with Crippen LogP contribution in [0.2, 0.25) is 5.15 Å². The topological polar surface area (TPSA) is 38.7 Å². The van der Waals surface area contributed by atoms with Crippen molar-refractivity contribution >= 4 is 33.3 Å². The normalized spacial score (nSPS) is 11.1. The Labute approximate surface area is 114 Å². The lowest BCUT2D eigenvalue weighted by molar-refractivity contribution is 1.09. The highest BCUT2D eigenvalue weighted by atomic mass is 35.5. The zero-order valence-electron chi connectivity index (χ0n) is 9.94. The highest BCUT2D eigenvalue weighted by Crippen LogP contribution is 2.31. The monoisotopic (exact) mass is 275 g/mol. The molecule has 0 bridgehead atoms. The number of hydrogen-bond donors (Lipinski definition) is 0. The standard InChI is InChI=1S/C13H10ClN3S/c1-7-4-3-5-9(6-7)12-17-10-11(14)15-8(2)16-13(10)18-12/h3-6H,1-2H3. The first-order valence-electron chi connectivity index (χ1n) is 5.51. The van der Waals surface area contributed by atoms with E-state index in [9.17, 15) is 0 Å². The average molecular weight is 276 g/mol. The molecule has 0 radical (unpaired) electrons. The van der Waals surface area contributed by atoms with E-state index in [4.69, 9.17) is 11.6 Å². The van der Waals surface area contributed by atoms with Gasteiger partial charge in [-0.3, -0.25) is 0 Å². The van der Waals surface area contributed by atoms with Gasteiger partial charge in [-0.15, -0.1) is 0 Å². The van der Waals surface area contributed by atoms with Gasteiger partial charge < -0.3 is 0 Å². The highest BCUT2D eigenvalue weighted by molar-refractivity contribution is 7.21. The molecule has 0 saturated heterocycles. The van der Waals surface area contributed by atoms with Crippen LogP contribution in [0.3, 0.4) is 0 Å². The molecule has 2 aromatic heterocycles. The van der Waals surface area contributed by atoms with Crippen molar-refractivity contribution in [1.29, 1.82) is 0 Å². The van der Waals surface area contributed by atoms with Crippen molar-refractivity contribution < 1.29 is 0 Å². The first-order chi connectivity index (χ1) is 8.63. The van der Waals surface area contributed by atoms with Gasteiger partial charge in [0.2, 0.25) is 0 Å². The second-order valence-corrected chi connectivity index (χ2v) is 5.44. The Kier molecular flexibility index (Phi) is 2.76. The molecule has 18 heavy (non-hydrogen) atoms. The minimum absolute atomic E-state index is 0.424. The van der Waals surface area contributed by atoms with E-state index in [2.05, 4.69) is 34.0 Å². The zero-order valence-corrected chi connectivity index (χ0v) is 11.5. The lowest BCUT2D eigenvalue weighted by Gasteiger charge is -1.96. The maximum absolute atomic E-state index is 6.09. The Bertz CT molecular complexity index is 736. The third kappa shape index (κ3) is 1.98. The molecule has 0 unspecified atom stereocenters. The summed E-state index contributed by atoms with van der Waals surface area (Å²) in [5.74, 6) is 0.673. The van der Waals surface area contributed by atoms with Gasteiger partial charge in [-0.2, -0.15) is 0 Å². The van der Waals surface area contributed by atoms with Crippen molar-refractivity contribution in [3.05, 3.63) is 40.8 Å². The van der Waals surface area contributed by atoms with Crippen LogP contribution in [0.4, 0.5) is 0 Å². The van der Waals surface area contributed by atoms with Crippen LogP contribution in [-0.4, -0.2) is 15.0 Å². The molecule has 0 saturated carbocycles. The molecule has 2 heterocycles. The third-order valence-electron chi connectivity index (χ3n) is 2.59. The first kappa shape index (κ1) is 11.6. The SMILES string of the molecule is Cc1cccc(-c2nc3c(Cl)nc(C)nc3s2)c1. The van der Waals surface area contributed by atoms with Gasteiger partial charge in [0.1, 0.15) is 21.2 Å². The molecule has 0 aliphatic rings. The molecular weight excluding hydrogens is 266 g/mol. The van der Waals surface area contributed by atoms with E-state index in [1.807, 2.05) is 19.1 Å². The number of thiazole rings is 1. The third-order valence-corrected chi connectivity index (χ3v) is 3.85. The smallest absolute Gasteiger partial charge is 0.159 e. The van der Waals surface area contributed by atoms with E-state index in [1.54, 1.807) is 11.3 Å². The van der Waals surface area contributed by atoms with Gasteiger partial charge in [-0.25, -0.2) is 15.0 Å². The predicted molar refractivity (Wildman–Crippen MR) is 75.1 cm³/mol. The molecule has 0 fully saturated rings. The molecule has 3 nitrogen and oxygen atoms in total. The Hall–Kier alpha value is -1.52. The van der Waals surface area contributed by atoms with Crippen LogP contribution in [0.25, 0.3) is 20.9 Å². The molecule has 5 heteroatoms. The van der Waals surface area contributed by atoms with E-state index >= 15 is 0 Å². The molecular formula is C13H10ClN3S. The minimum atomic E-state index is 0.424. The summed E-state index contributed by atoms with van der Waals surface area (Å²) in [5, 5.41) is 1.35. The van der Waals surface area contributed by atoms with Crippen molar-refractivity contribution in [3.63, 3.8) is 0 Å². The average Bonchev–Trinajstić information content (AvgIpc) is 2.73. The quantitative estimate of drug-likeness (QED) is 0.630. The first-order valence-corrected chi connectivity index (χ1v) is 6.70. The molecule has 0 atom stereocenters. The Balaban J connectivity index is 2.22. The number of aryl methyl sites for hydroxylation is 2. The molecule has 0 amide bonds. The van der Waals surface area contributed by atoms with Crippen LogP contribution in [0, 0.1) is 13.8 Å². The number of rotatable bonds is 1. The van der Waals surface area contributed by atoms with Crippen molar-refractivity contribution in [2.24, 2.45) is 0 Å². The maximum atomic E-state index is 6.09. The van der Waals surface area contributed by atoms with Crippen molar-refractivity contribution in [1.82, 2.24) is 15.0 Å². The van der Waals surface area contributed by atoms with E-state index in [1.165, 1.54) is 5.56 Å². The van der Waals surface area contributed by atoms with Gasteiger partial charge in [0.25, 0.3) is 0 Å². The number of hydrogen-bond acceptors (Lipinski definition) is 4. The fourth-order valence-corrected chi connectivity index (χ4v) is 3.08. The number of fused-ring (bicyclic) bond motifs is 1. The number of nitrogens with zero attached hydrogens (tertiary/aromatic N) is 3. The van der Waals surface area contributed by atoms with Crippen LogP contribution in [0.15, 0.2) is 24.3 Å². The van der Waals surface area contributed by atoms with Crippen LogP contribution < -0.4 is 0 Å². The van der Waals surface area contributed by atoms with E-state index < -0.39 is 0 Å². The summed E-state index contributed by atoms with van der Waals surface area (Å²) in [4.78, 5) is 13.9. The molecule has 1 aromatic carbocycles. The summed E-state index contributed by atoms with van der Waals surface area (Å²) in [5.41, 5.74) is 2.98. The number of benzene rings is 1. The highest BCUT2D eigenvalue weighted by Gasteiger charge is 2.11. The lowest BCUT2D eigenvalue weighted by Crippen LogP contribution is -1.87. The zero-order chi connectivity index (χ0) is 12.7. The van der Waals surface area contributed by atoms with Crippen LogP contribution in [-0.2, 0) is 0 Å². The van der Waals surface area contributed by atoms with Gasteiger partial charge in [0.15, 0.2) is 5.15 Å². The van der Waals surface area contributed by atoms with Crippen molar-refractivity contribution in [2.75, 3.05) is 0 Å². The maximum Gasteiger partial charge on any atom is 0.159 e. The van der Waals surface area contributed by atoms with Gasteiger partial charge in [-0.1, -0.05) is 46.7 Å². The second kappa shape index (κ2) is 4.30. The summed E-state index contributed by atoms with van der Waals surface area (Å²) in [6.45, 7) is 3.89.